The normalized spacial score (nSPS) is 13.6. The van der Waals surface area contributed by atoms with Gasteiger partial charge in [0.1, 0.15) is 5.75 Å². The van der Waals surface area contributed by atoms with E-state index in [4.69, 9.17) is 14.7 Å². The Hall–Kier alpha value is -2.46. The van der Waals surface area contributed by atoms with Crippen molar-refractivity contribution in [3.63, 3.8) is 0 Å². The first kappa shape index (κ1) is 22.8. The highest BCUT2D eigenvalue weighted by molar-refractivity contribution is 7.86. The smallest absolute Gasteiger partial charge is 0.268 e. The Labute approximate surface area is 170 Å². The number of nitrogens with one attached hydrogen (secondary N) is 1. The van der Waals surface area contributed by atoms with Gasteiger partial charge in [0.05, 0.1) is 19.5 Å². The number of nitrogens with two attached hydrogens (primary N) is 1. The third-order valence-electron chi connectivity index (χ3n) is 4.14. The van der Waals surface area contributed by atoms with Gasteiger partial charge >= 0.3 is 0 Å². The second-order valence-corrected chi connectivity index (χ2v) is 8.15. The summed E-state index contributed by atoms with van der Waals surface area (Å²) in [6.45, 7) is -0.310. The Kier molecular flexibility index (Phi) is 8.15. The summed E-state index contributed by atoms with van der Waals surface area (Å²) >= 11 is 0. The molecular weight excluding hydrogens is 396 g/mol. The van der Waals surface area contributed by atoms with Gasteiger partial charge in [-0.05, 0) is 36.1 Å². The predicted octanol–water partition coefficient (Wildman–Crippen LogP) is 0.938. The number of carbonyl (C=O) groups excluding carboxylic acids is 1. The van der Waals surface area contributed by atoms with Crippen LogP contribution in [0.15, 0.2) is 54.6 Å². The molecule has 0 radical (unpaired) electrons. The third kappa shape index (κ3) is 7.47. The number of hydrogen-bond acceptors (Lipinski definition) is 7. The van der Waals surface area contributed by atoms with Crippen LogP contribution in [-0.4, -0.2) is 44.6 Å². The summed E-state index contributed by atoms with van der Waals surface area (Å²) in [4.78, 5) is 11.6. The summed E-state index contributed by atoms with van der Waals surface area (Å²) < 4.78 is 33.2. The molecule has 0 bridgehead atoms. The number of aliphatic hydroxyl groups is 1. The zero-order chi connectivity index (χ0) is 21.3. The number of carbonyl (C=O) groups is 1. The van der Waals surface area contributed by atoms with Crippen LogP contribution in [0.2, 0.25) is 0 Å². The van der Waals surface area contributed by atoms with Crippen LogP contribution >= 0.6 is 0 Å². The Morgan fingerprint density at radius 1 is 1.10 bits per heavy atom. The maximum atomic E-state index is 11.6. The topological polar surface area (TPSA) is 128 Å². The fourth-order valence-corrected chi connectivity index (χ4v) is 3.35. The fraction of sp³-hybridized carbons (Fsp3) is 0.350. The van der Waals surface area contributed by atoms with Crippen molar-refractivity contribution in [2.45, 2.75) is 25.1 Å². The minimum atomic E-state index is -4.03. The molecule has 4 N–H and O–H groups in total. The molecule has 0 aliphatic carbocycles. The second-order valence-electron chi connectivity index (χ2n) is 6.57. The van der Waals surface area contributed by atoms with E-state index in [0.717, 1.165) is 24.7 Å². The van der Waals surface area contributed by atoms with E-state index in [2.05, 4.69) is 17.4 Å². The van der Waals surface area contributed by atoms with Crippen molar-refractivity contribution in [1.82, 2.24) is 5.32 Å². The van der Waals surface area contributed by atoms with E-state index >= 15 is 0 Å². The molecule has 0 spiro atoms. The van der Waals surface area contributed by atoms with Gasteiger partial charge in [-0.3, -0.25) is 10.1 Å². The predicted molar refractivity (Wildman–Crippen MR) is 108 cm³/mol. The van der Waals surface area contributed by atoms with Crippen LogP contribution in [0.3, 0.4) is 0 Å². The zero-order valence-electron chi connectivity index (χ0n) is 16.2. The van der Waals surface area contributed by atoms with E-state index in [9.17, 15) is 18.3 Å². The molecule has 2 aromatic carbocycles. The van der Waals surface area contributed by atoms with Gasteiger partial charge in [0.25, 0.3) is 16.0 Å². The Morgan fingerprint density at radius 2 is 1.76 bits per heavy atom. The molecule has 0 saturated carbocycles. The van der Waals surface area contributed by atoms with Crippen molar-refractivity contribution in [1.29, 1.82) is 0 Å². The molecule has 0 fully saturated rings. The molecule has 2 aromatic rings. The molecule has 1 amide bonds. The summed E-state index contributed by atoms with van der Waals surface area (Å²) in [7, 11) is -4.03. The fourth-order valence-electron chi connectivity index (χ4n) is 2.64. The van der Waals surface area contributed by atoms with Gasteiger partial charge in [-0.2, -0.15) is 8.42 Å². The minimum Gasteiger partial charge on any atom is -0.494 e. The summed E-state index contributed by atoms with van der Waals surface area (Å²) in [6, 6.07) is 17.2. The highest BCUT2D eigenvalue weighted by Crippen LogP contribution is 2.15. The van der Waals surface area contributed by atoms with Gasteiger partial charge in [-0.1, -0.05) is 42.5 Å². The third-order valence-corrected chi connectivity index (χ3v) is 4.72. The van der Waals surface area contributed by atoms with Crippen molar-refractivity contribution in [2.24, 2.45) is 5.73 Å². The molecule has 1 unspecified atom stereocenters. The molecular formula is C20H26N2O6S. The minimum absolute atomic E-state index is 0.0489. The number of ether oxygens (including phenoxy) is 1. The van der Waals surface area contributed by atoms with Gasteiger partial charge in [0.2, 0.25) is 5.72 Å². The summed E-state index contributed by atoms with van der Waals surface area (Å²) in [6.07, 6.45) is 2.58. The Bertz CT molecular complexity index is 887. The Balaban J connectivity index is 1.86. The maximum Gasteiger partial charge on any atom is 0.268 e. The lowest BCUT2D eigenvalue weighted by Gasteiger charge is -2.28. The van der Waals surface area contributed by atoms with E-state index in [1.807, 2.05) is 18.2 Å². The zero-order valence-corrected chi connectivity index (χ0v) is 17.0. The van der Waals surface area contributed by atoms with Crippen LogP contribution in [0.5, 0.6) is 5.75 Å². The first-order valence-electron chi connectivity index (χ1n) is 9.06. The van der Waals surface area contributed by atoms with Crippen LogP contribution in [-0.2, 0) is 32.1 Å². The lowest BCUT2D eigenvalue weighted by Crippen LogP contribution is -2.60. The van der Waals surface area contributed by atoms with Crippen LogP contribution < -0.4 is 15.8 Å². The van der Waals surface area contributed by atoms with E-state index in [1.165, 1.54) is 5.56 Å². The molecule has 0 heterocycles. The lowest BCUT2D eigenvalue weighted by molar-refractivity contribution is -0.140. The highest BCUT2D eigenvalue weighted by atomic mass is 32.2. The van der Waals surface area contributed by atoms with Gasteiger partial charge in [0.15, 0.2) is 0 Å². The number of primary amides is 1. The van der Waals surface area contributed by atoms with Gasteiger partial charge in [-0.25, -0.2) is 4.18 Å². The van der Waals surface area contributed by atoms with E-state index < -0.39 is 28.4 Å². The summed E-state index contributed by atoms with van der Waals surface area (Å²) in [5.74, 6) is -0.443. The molecule has 0 aliphatic heterocycles. The van der Waals surface area contributed by atoms with Crippen LogP contribution in [0.1, 0.15) is 17.5 Å². The summed E-state index contributed by atoms with van der Waals surface area (Å²) in [5, 5.41) is 12.0. The van der Waals surface area contributed by atoms with Crippen LogP contribution in [0.4, 0.5) is 0 Å². The van der Waals surface area contributed by atoms with Gasteiger partial charge in [0, 0.05) is 6.54 Å². The lowest BCUT2D eigenvalue weighted by atomic mass is 10.1. The monoisotopic (exact) mass is 422 g/mol. The average molecular weight is 423 g/mol. The van der Waals surface area contributed by atoms with Crippen LogP contribution in [0, 0.1) is 0 Å². The molecule has 0 aliphatic rings. The number of aryl methyl sites for hydroxylation is 1. The molecule has 158 valence electrons. The van der Waals surface area contributed by atoms with Gasteiger partial charge < -0.3 is 15.6 Å². The standard InChI is InChI=1S/C20H26N2O6S/c1-29(25,26)28-20(15-23,19(21)24)22-14-17-9-11-18(12-10-17)27-13-5-8-16-6-3-2-4-7-16/h2-4,6-7,9-12,22-23H,5,8,13-15H2,1H3,(H2,21,24). The van der Waals surface area contributed by atoms with Crippen molar-refractivity contribution in [3.05, 3.63) is 65.7 Å². The van der Waals surface area contributed by atoms with Crippen LogP contribution in [0.25, 0.3) is 0 Å². The molecule has 8 nitrogen and oxygen atoms in total. The SMILES string of the molecule is CS(=O)(=O)OC(CO)(NCc1ccc(OCCCc2ccccc2)cc1)C(N)=O. The summed E-state index contributed by atoms with van der Waals surface area (Å²) in [5.41, 5.74) is 4.97. The average Bonchev–Trinajstić information content (AvgIpc) is 2.69. The first-order valence-corrected chi connectivity index (χ1v) is 10.9. The van der Waals surface area contributed by atoms with E-state index in [1.54, 1.807) is 24.3 Å². The quantitative estimate of drug-likeness (QED) is 0.264. The van der Waals surface area contributed by atoms with Gasteiger partial charge in [-0.15, -0.1) is 0 Å². The number of benzene rings is 2. The Morgan fingerprint density at radius 3 is 2.31 bits per heavy atom. The van der Waals surface area contributed by atoms with E-state index in [-0.39, 0.29) is 6.54 Å². The molecule has 2 rings (SSSR count). The molecule has 29 heavy (non-hydrogen) atoms. The number of aliphatic hydroxyl groups excluding tert-OH is 1. The molecule has 0 saturated heterocycles. The molecule has 1 atom stereocenters. The number of rotatable bonds is 12. The second kappa shape index (κ2) is 10.4. The van der Waals surface area contributed by atoms with Crippen molar-refractivity contribution in [2.75, 3.05) is 19.5 Å². The van der Waals surface area contributed by atoms with Crippen molar-refractivity contribution in [3.8, 4) is 5.75 Å². The molecule has 9 heteroatoms. The number of hydrogen-bond donors (Lipinski definition) is 3. The first-order chi connectivity index (χ1) is 13.7. The number of amides is 1. The largest absolute Gasteiger partial charge is 0.494 e. The van der Waals surface area contributed by atoms with E-state index in [0.29, 0.717) is 12.4 Å². The maximum absolute atomic E-state index is 11.6. The highest BCUT2D eigenvalue weighted by Gasteiger charge is 2.40. The van der Waals surface area contributed by atoms with Crippen molar-refractivity contribution < 1.29 is 27.2 Å². The van der Waals surface area contributed by atoms with Crippen molar-refractivity contribution >= 4 is 16.0 Å². The molecule has 0 aromatic heterocycles.